The lowest BCUT2D eigenvalue weighted by Gasteiger charge is -2.18. The van der Waals surface area contributed by atoms with Crippen LogP contribution in [0.5, 0.6) is 0 Å². The summed E-state index contributed by atoms with van der Waals surface area (Å²) in [7, 11) is 2.09. The zero-order valence-electron chi connectivity index (χ0n) is 32.2. The summed E-state index contributed by atoms with van der Waals surface area (Å²) in [6.07, 6.45) is 12.0. The van der Waals surface area contributed by atoms with Gasteiger partial charge in [0.25, 0.3) is 0 Å². The number of nitrogens with zero attached hydrogens (tertiary/aromatic N) is 6. The second kappa shape index (κ2) is 14.4. The highest BCUT2D eigenvalue weighted by Gasteiger charge is 2.23. The van der Waals surface area contributed by atoms with Crippen molar-refractivity contribution in [3.8, 4) is 56.1 Å². The summed E-state index contributed by atoms with van der Waals surface area (Å²) in [5.74, 6) is 0. The fourth-order valence-electron chi connectivity index (χ4n) is 8.49. The number of rotatable bonds is 8. The van der Waals surface area contributed by atoms with E-state index in [1.165, 1.54) is 0 Å². The molecule has 5 heterocycles. The third kappa shape index (κ3) is 5.71. The Morgan fingerprint density at radius 1 is 0.603 bits per heavy atom. The molecule has 0 saturated carbocycles. The molecule has 0 atom stereocenters. The van der Waals surface area contributed by atoms with Gasteiger partial charge in [0.2, 0.25) is 0 Å². The number of fused-ring (bicyclic) bond motifs is 4. The number of aromatic nitrogens is 4. The quantitative estimate of drug-likeness (QED) is 0.115. The van der Waals surface area contributed by atoms with Crippen molar-refractivity contribution < 1.29 is 0 Å². The molecule has 5 aromatic carbocycles. The molecule has 0 spiro atoms. The molecule has 4 aromatic heterocycles. The summed E-state index contributed by atoms with van der Waals surface area (Å²) in [5, 5.41) is 2.18. The van der Waals surface area contributed by atoms with Crippen LogP contribution in [-0.2, 0) is 0 Å². The molecule has 6 nitrogen and oxygen atoms in total. The zero-order valence-corrected chi connectivity index (χ0v) is 32.2. The average molecular weight is 747 g/mol. The van der Waals surface area contributed by atoms with E-state index < -0.39 is 0 Å². The minimum absolute atomic E-state index is 0.840. The van der Waals surface area contributed by atoms with Crippen LogP contribution in [0.2, 0.25) is 0 Å². The second-order valence-electron chi connectivity index (χ2n) is 14.4. The molecule has 0 aliphatic carbocycles. The Hall–Kier alpha value is -7.79. The Balaban J connectivity index is 1.14. The van der Waals surface area contributed by atoms with Crippen LogP contribution in [0.4, 0.5) is 11.4 Å². The van der Waals surface area contributed by atoms with Crippen molar-refractivity contribution in [2.24, 2.45) is 4.99 Å². The molecule has 0 N–H and O–H groups in total. The zero-order chi connectivity index (χ0) is 39.2. The molecule has 10 rings (SSSR count). The SMILES string of the molecule is C=Nc1c(/C=C\C)n(-c2cccc(-n3c4c(c5cc(-c6ccccc6-c6ccccn6)ccc53)N(C)C=C=C4)c2)c2ccc(-c3ccccc3-c3ccccn3)cc12. The van der Waals surface area contributed by atoms with Gasteiger partial charge >= 0.3 is 0 Å². The normalized spacial score (nSPS) is 12.2. The second-order valence-corrected chi connectivity index (χ2v) is 14.4. The Morgan fingerprint density at radius 3 is 1.76 bits per heavy atom. The lowest BCUT2D eigenvalue weighted by molar-refractivity contribution is 1.06. The maximum Gasteiger partial charge on any atom is 0.0956 e. The highest BCUT2D eigenvalue weighted by atomic mass is 15.1. The first-order valence-electron chi connectivity index (χ1n) is 19.4. The van der Waals surface area contributed by atoms with Crippen LogP contribution in [0.25, 0.3) is 90.1 Å². The molecular formula is C52H38N6. The molecule has 9 aromatic rings. The Morgan fingerprint density at radius 2 is 1.17 bits per heavy atom. The van der Waals surface area contributed by atoms with E-state index in [1.807, 2.05) is 49.8 Å². The molecule has 1 aliphatic rings. The molecule has 1 aliphatic heterocycles. The Bertz CT molecular complexity index is 3140. The first-order chi connectivity index (χ1) is 28.6. The molecular weight excluding hydrogens is 709 g/mol. The van der Waals surface area contributed by atoms with Gasteiger partial charge in [0, 0.05) is 65.0 Å². The Labute approximate surface area is 337 Å². The maximum absolute atomic E-state index is 4.68. The summed E-state index contributed by atoms with van der Waals surface area (Å²) < 4.78 is 4.64. The summed E-state index contributed by atoms with van der Waals surface area (Å²) in [6, 6.07) is 51.2. The number of hydrogen-bond acceptors (Lipinski definition) is 4. The van der Waals surface area contributed by atoms with Gasteiger partial charge in [-0.15, -0.1) is 5.73 Å². The van der Waals surface area contributed by atoms with Crippen molar-refractivity contribution in [1.82, 2.24) is 19.1 Å². The van der Waals surface area contributed by atoms with Crippen LogP contribution in [0.1, 0.15) is 18.3 Å². The van der Waals surface area contributed by atoms with Crippen LogP contribution < -0.4 is 4.90 Å². The lowest BCUT2D eigenvalue weighted by Crippen LogP contribution is -2.11. The average Bonchev–Trinajstić information content (AvgIpc) is 3.79. The number of aliphatic imine (C=N–C) groups is 1. The van der Waals surface area contributed by atoms with E-state index >= 15 is 0 Å². The fourth-order valence-corrected chi connectivity index (χ4v) is 8.49. The number of hydrogen-bond donors (Lipinski definition) is 0. The van der Waals surface area contributed by atoms with Gasteiger partial charge < -0.3 is 14.0 Å². The van der Waals surface area contributed by atoms with Crippen molar-refractivity contribution in [2.75, 3.05) is 11.9 Å². The molecule has 0 bridgehead atoms. The minimum Gasteiger partial charge on any atom is -0.342 e. The van der Waals surface area contributed by atoms with E-state index in [0.29, 0.717) is 0 Å². The maximum atomic E-state index is 4.68. The predicted molar refractivity (Wildman–Crippen MR) is 242 cm³/mol. The number of benzene rings is 5. The smallest absolute Gasteiger partial charge is 0.0956 e. The highest BCUT2D eigenvalue weighted by molar-refractivity contribution is 6.04. The van der Waals surface area contributed by atoms with Crippen molar-refractivity contribution in [3.05, 3.63) is 187 Å². The summed E-state index contributed by atoms with van der Waals surface area (Å²) >= 11 is 0. The van der Waals surface area contributed by atoms with E-state index in [-0.39, 0.29) is 0 Å². The van der Waals surface area contributed by atoms with Crippen LogP contribution in [-0.4, -0.2) is 32.9 Å². The third-order valence-electron chi connectivity index (χ3n) is 11.0. The van der Waals surface area contributed by atoms with Gasteiger partial charge in [0.15, 0.2) is 0 Å². The minimum atomic E-state index is 0.840. The predicted octanol–water partition coefficient (Wildman–Crippen LogP) is 13.0. The van der Waals surface area contributed by atoms with Crippen molar-refractivity contribution in [1.29, 1.82) is 0 Å². The van der Waals surface area contributed by atoms with Crippen LogP contribution >= 0.6 is 0 Å². The number of anilines is 1. The molecule has 58 heavy (non-hydrogen) atoms. The molecule has 276 valence electrons. The van der Waals surface area contributed by atoms with Crippen molar-refractivity contribution in [3.63, 3.8) is 0 Å². The number of allylic oxidation sites excluding steroid dienone is 1. The standard InChI is InChI=1S/C52H38N6/c1-4-15-49-51(53-2)43-32-35(39-18-5-7-20-41(39)45-22-9-11-29-54-45)25-27-47(43)57(49)37-16-13-17-38(34-37)58-48-28-26-36(33-44(48)52-50(58)24-14-31-56(52)3)40-19-6-8-21-42(40)46-23-10-12-30-55-46/h4-13,15-34H,2H2,1,3H3/b15-4-. The largest absolute Gasteiger partial charge is 0.342 e. The molecule has 0 unspecified atom stereocenters. The summed E-state index contributed by atoms with van der Waals surface area (Å²) in [6.45, 7) is 6.10. The highest BCUT2D eigenvalue weighted by Crippen LogP contribution is 2.44. The first kappa shape index (κ1) is 34.7. The molecule has 6 heteroatoms. The summed E-state index contributed by atoms with van der Waals surface area (Å²) in [4.78, 5) is 16.2. The molecule has 0 fully saturated rings. The van der Waals surface area contributed by atoms with Crippen LogP contribution in [0.3, 0.4) is 0 Å². The van der Waals surface area contributed by atoms with Gasteiger partial charge in [-0.2, -0.15) is 0 Å². The van der Waals surface area contributed by atoms with Crippen molar-refractivity contribution in [2.45, 2.75) is 6.92 Å². The first-order valence-corrected chi connectivity index (χ1v) is 19.4. The Kier molecular flexibility index (Phi) is 8.59. The van der Waals surface area contributed by atoms with Gasteiger partial charge in [-0.1, -0.05) is 84.9 Å². The van der Waals surface area contributed by atoms with Gasteiger partial charge in [-0.3, -0.25) is 15.0 Å². The van der Waals surface area contributed by atoms with E-state index in [1.54, 1.807) is 0 Å². The molecule has 0 radical (unpaired) electrons. The van der Waals surface area contributed by atoms with E-state index in [9.17, 15) is 0 Å². The van der Waals surface area contributed by atoms with Crippen molar-refractivity contribution >= 4 is 52.1 Å². The van der Waals surface area contributed by atoms with Crippen LogP contribution in [0, 0.1) is 0 Å². The lowest BCUT2D eigenvalue weighted by atomic mass is 9.96. The number of pyridine rings is 2. The molecule has 0 saturated heterocycles. The fraction of sp³-hybridized carbons (Fsp3) is 0.0385. The van der Waals surface area contributed by atoms with Gasteiger partial charge in [0.05, 0.1) is 45.2 Å². The third-order valence-corrected chi connectivity index (χ3v) is 11.0. The topological polar surface area (TPSA) is 51.2 Å². The molecule has 0 amide bonds. The monoisotopic (exact) mass is 746 g/mol. The van der Waals surface area contributed by atoms with E-state index in [2.05, 4.69) is 188 Å². The summed E-state index contributed by atoms with van der Waals surface area (Å²) in [5.41, 5.74) is 20.2. The van der Waals surface area contributed by atoms with E-state index in [4.69, 9.17) is 0 Å². The van der Waals surface area contributed by atoms with Gasteiger partial charge in [-0.05, 0) is 109 Å². The van der Waals surface area contributed by atoms with Crippen LogP contribution in [0.15, 0.2) is 181 Å². The van der Waals surface area contributed by atoms with Gasteiger partial charge in [-0.25, -0.2) is 0 Å². The van der Waals surface area contributed by atoms with Gasteiger partial charge in [0.1, 0.15) is 0 Å². The van der Waals surface area contributed by atoms with E-state index in [0.717, 1.165) is 101 Å².